The molecule has 4 nitrogen and oxygen atoms in total. The lowest BCUT2D eigenvalue weighted by Crippen LogP contribution is -2.19. The van der Waals surface area contributed by atoms with Crippen molar-refractivity contribution in [1.82, 2.24) is 9.97 Å². The van der Waals surface area contributed by atoms with Crippen LogP contribution < -0.4 is 5.73 Å². The molecule has 0 saturated carbocycles. The number of hydrogen-bond acceptors (Lipinski definition) is 3. The van der Waals surface area contributed by atoms with Gasteiger partial charge in [-0.3, -0.25) is 4.79 Å². The largest absolute Gasteiger partial charge is 0.368 e. The minimum absolute atomic E-state index is 0.385. The van der Waals surface area contributed by atoms with Crippen molar-refractivity contribution in [2.45, 2.75) is 10.4 Å². The van der Waals surface area contributed by atoms with Crippen LogP contribution in [0.2, 0.25) is 0 Å². The fourth-order valence-corrected chi connectivity index (χ4v) is 2.68. The number of aromatic amines is 1. The van der Waals surface area contributed by atoms with Crippen molar-refractivity contribution in [3.63, 3.8) is 0 Å². The van der Waals surface area contributed by atoms with Gasteiger partial charge in [-0.05, 0) is 17.7 Å². The van der Waals surface area contributed by atoms with Crippen molar-refractivity contribution in [1.29, 1.82) is 0 Å². The zero-order chi connectivity index (χ0) is 12.3. The first kappa shape index (κ1) is 12.2. The molecule has 0 unspecified atom stereocenters. The molecule has 1 aromatic carbocycles. The number of rotatable bonds is 4. The number of hydrogen-bond donors (Lipinski definition) is 2. The van der Waals surface area contributed by atoms with E-state index in [1.165, 1.54) is 11.8 Å². The summed E-state index contributed by atoms with van der Waals surface area (Å²) in [6.07, 6.45) is 3.35. The van der Waals surface area contributed by atoms with Gasteiger partial charge in [0, 0.05) is 16.9 Å². The molecule has 17 heavy (non-hydrogen) atoms. The molecule has 0 aliphatic carbocycles. The van der Waals surface area contributed by atoms with Gasteiger partial charge in [-0.2, -0.15) is 0 Å². The monoisotopic (exact) mass is 311 g/mol. The van der Waals surface area contributed by atoms with Crippen LogP contribution in [0.15, 0.2) is 46.3 Å². The summed E-state index contributed by atoms with van der Waals surface area (Å²) in [5.74, 6) is -0.385. The van der Waals surface area contributed by atoms with Gasteiger partial charge < -0.3 is 10.7 Å². The molecule has 0 saturated heterocycles. The van der Waals surface area contributed by atoms with Crippen LogP contribution in [0, 0.1) is 0 Å². The van der Waals surface area contributed by atoms with E-state index >= 15 is 0 Å². The first-order valence-corrected chi connectivity index (χ1v) is 6.55. The van der Waals surface area contributed by atoms with E-state index in [-0.39, 0.29) is 5.91 Å². The summed E-state index contributed by atoms with van der Waals surface area (Å²) in [5, 5.41) is 0.229. The van der Waals surface area contributed by atoms with Gasteiger partial charge in [0.05, 0.1) is 0 Å². The minimum atomic E-state index is -0.446. The lowest BCUT2D eigenvalue weighted by molar-refractivity contribution is -0.117. The second-order valence-electron chi connectivity index (χ2n) is 3.35. The molecular weight excluding hydrogens is 302 g/mol. The first-order valence-electron chi connectivity index (χ1n) is 4.87. The zero-order valence-corrected chi connectivity index (χ0v) is 11.2. The van der Waals surface area contributed by atoms with Crippen molar-refractivity contribution in [3.8, 4) is 0 Å². The summed E-state index contributed by atoms with van der Waals surface area (Å²) in [6.45, 7) is 0. The quantitative estimate of drug-likeness (QED) is 0.852. The number of benzene rings is 1. The smallest absolute Gasteiger partial charge is 0.235 e. The lowest BCUT2D eigenvalue weighted by atomic mass is 10.1. The molecule has 2 rings (SSSR count). The van der Waals surface area contributed by atoms with Crippen molar-refractivity contribution < 1.29 is 4.79 Å². The topological polar surface area (TPSA) is 71.8 Å². The van der Waals surface area contributed by atoms with Crippen LogP contribution in [0.3, 0.4) is 0 Å². The van der Waals surface area contributed by atoms with Crippen LogP contribution in [0.1, 0.15) is 10.8 Å². The highest BCUT2D eigenvalue weighted by atomic mass is 79.9. The van der Waals surface area contributed by atoms with E-state index in [0.29, 0.717) is 5.16 Å². The van der Waals surface area contributed by atoms with Gasteiger partial charge in [0.15, 0.2) is 5.16 Å². The fraction of sp³-hybridized carbons (Fsp3) is 0.0909. The Bertz CT molecular complexity index is 515. The summed E-state index contributed by atoms with van der Waals surface area (Å²) < 4.78 is 0.918. The molecule has 88 valence electrons. The molecule has 1 amide bonds. The second kappa shape index (κ2) is 5.37. The number of thioether (sulfide) groups is 1. The van der Waals surface area contributed by atoms with Crippen LogP contribution in [0.25, 0.3) is 0 Å². The van der Waals surface area contributed by atoms with Gasteiger partial charge >= 0.3 is 0 Å². The molecule has 0 bridgehead atoms. The summed E-state index contributed by atoms with van der Waals surface area (Å²) in [5.41, 5.74) is 6.27. The molecule has 0 fully saturated rings. The normalized spacial score (nSPS) is 12.3. The summed E-state index contributed by atoms with van der Waals surface area (Å²) in [4.78, 5) is 18.5. The standard InChI is InChI=1S/C11H10BrN3OS/c12-8-3-1-2-7(6-8)9(10(13)16)17-11-14-4-5-15-11/h1-6,9H,(H2,13,16)(H,14,15)/t9-/m1/s1. The first-order chi connectivity index (χ1) is 8.16. The molecule has 3 N–H and O–H groups in total. The fourth-order valence-electron chi connectivity index (χ4n) is 1.39. The molecule has 0 aliphatic heterocycles. The molecule has 0 radical (unpaired) electrons. The number of nitrogens with two attached hydrogens (primary N) is 1. The molecule has 1 heterocycles. The number of aromatic nitrogens is 2. The maximum atomic E-state index is 11.5. The zero-order valence-electron chi connectivity index (χ0n) is 8.76. The number of primary amides is 1. The SMILES string of the molecule is NC(=O)[C@H](Sc1ncc[nH]1)c1cccc(Br)c1. The Morgan fingerprint density at radius 1 is 1.53 bits per heavy atom. The molecule has 6 heteroatoms. The van der Waals surface area contributed by atoms with E-state index in [4.69, 9.17) is 5.73 Å². The number of nitrogens with zero attached hydrogens (tertiary/aromatic N) is 1. The summed E-state index contributed by atoms with van der Waals surface area (Å²) >= 11 is 4.68. The van der Waals surface area contributed by atoms with Crippen LogP contribution >= 0.6 is 27.7 Å². The number of nitrogens with one attached hydrogen (secondary N) is 1. The van der Waals surface area contributed by atoms with Gasteiger partial charge in [-0.25, -0.2) is 4.98 Å². The third-order valence-electron chi connectivity index (χ3n) is 2.11. The maximum Gasteiger partial charge on any atom is 0.235 e. The highest BCUT2D eigenvalue weighted by molar-refractivity contribution is 9.10. The van der Waals surface area contributed by atoms with E-state index in [1.807, 2.05) is 24.3 Å². The predicted molar refractivity (Wildman–Crippen MR) is 70.5 cm³/mol. The highest BCUT2D eigenvalue weighted by Crippen LogP contribution is 2.33. The Labute approximate surface area is 111 Å². The van der Waals surface area contributed by atoms with Crippen LogP contribution in [-0.4, -0.2) is 15.9 Å². The number of imidazole rings is 1. The van der Waals surface area contributed by atoms with E-state index in [1.54, 1.807) is 12.4 Å². The molecule has 1 aromatic heterocycles. The van der Waals surface area contributed by atoms with Crippen LogP contribution in [-0.2, 0) is 4.79 Å². The third-order valence-corrected chi connectivity index (χ3v) is 3.79. The van der Waals surface area contributed by atoms with E-state index in [9.17, 15) is 4.79 Å². The number of halogens is 1. The van der Waals surface area contributed by atoms with Gasteiger partial charge in [-0.15, -0.1) is 0 Å². The molecule has 1 atom stereocenters. The molecule has 2 aromatic rings. The van der Waals surface area contributed by atoms with Crippen LogP contribution in [0.4, 0.5) is 0 Å². The Morgan fingerprint density at radius 3 is 2.94 bits per heavy atom. The Morgan fingerprint density at radius 2 is 2.35 bits per heavy atom. The van der Waals surface area contributed by atoms with Crippen molar-refractivity contribution in [2.75, 3.05) is 0 Å². The van der Waals surface area contributed by atoms with Gasteiger partial charge in [-0.1, -0.05) is 39.8 Å². The molecule has 0 aliphatic rings. The summed E-state index contributed by atoms with van der Waals surface area (Å²) in [6, 6.07) is 7.53. The minimum Gasteiger partial charge on any atom is -0.368 e. The number of H-pyrrole nitrogens is 1. The van der Waals surface area contributed by atoms with Gasteiger partial charge in [0.25, 0.3) is 0 Å². The number of carbonyl (C=O) groups excluding carboxylic acids is 1. The number of carbonyl (C=O) groups is 1. The van der Waals surface area contributed by atoms with E-state index in [0.717, 1.165) is 10.0 Å². The average molecular weight is 312 g/mol. The van der Waals surface area contributed by atoms with Crippen molar-refractivity contribution >= 4 is 33.6 Å². The predicted octanol–water partition coefficient (Wildman–Crippen LogP) is 2.49. The van der Waals surface area contributed by atoms with Crippen molar-refractivity contribution in [3.05, 3.63) is 46.7 Å². The average Bonchev–Trinajstić information content (AvgIpc) is 2.78. The van der Waals surface area contributed by atoms with Crippen LogP contribution in [0.5, 0.6) is 0 Å². The number of amides is 1. The Hall–Kier alpha value is -1.27. The van der Waals surface area contributed by atoms with E-state index < -0.39 is 5.25 Å². The second-order valence-corrected chi connectivity index (χ2v) is 5.36. The van der Waals surface area contributed by atoms with E-state index in [2.05, 4.69) is 25.9 Å². The van der Waals surface area contributed by atoms with Gasteiger partial charge in [0.1, 0.15) is 5.25 Å². The van der Waals surface area contributed by atoms with Gasteiger partial charge in [0.2, 0.25) is 5.91 Å². The molecule has 0 spiro atoms. The Balaban J connectivity index is 2.26. The summed E-state index contributed by atoms with van der Waals surface area (Å²) in [7, 11) is 0. The maximum absolute atomic E-state index is 11.5. The Kier molecular flexibility index (Phi) is 3.86. The highest BCUT2D eigenvalue weighted by Gasteiger charge is 2.20. The lowest BCUT2D eigenvalue weighted by Gasteiger charge is -2.11. The van der Waals surface area contributed by atoms with Crippen molar-refractivity contribution in [2.24, 2.45) is 5.73 Å². The third kappa shape index (κ3) is 3.10. The molecular formula is C11H10BrN3OS.